The van der Waals surface area contributed by atoms with Gasteiger partial charge in [0.25, 0.3) is 0 Å². The second kappa shape index (κ2) is 6.32. The van der Waals surface area contributed by atoms with E-state index >= 15 is 0 Å². The minimum atomic E-state index is -0.137. The Morgan fingerprint density at radius 3 is 2.83 bits per heavy atom. The lowest BCUT2D eigenvalue weighted by Crippen LogP contribution is -2.49. The van der Waals surface area contributed by atoms with Crippen molar-refractivity contribution in [1.82, 2.24) is 5.32 Å². The molecule has 3 N–H and O–H groups in total. The van der Waals surface area contributed by atoms with Gasteiger partial charge < -0.3 is 15.8 Å². The van der Waals surface area contributed by atoms with Gasteiger partial charge in [-0.3, -0.25) is 0 Å². The lowest BCUT2D eigenvalue weighted by atomic mass is 9.74. The molecule has 2 rings (SSSR count). The van der Waals surface area contributed by atoms with Crippen molar-refractivity contribution in [2.75, 3.05) is 26.7 Å². The van der Waals surface area contributed by atoms with Crippen molar-refractivity contribution in [2.45, 2.75) is 24.9 Å². The monoisotopic (exact) mass is 248 g/mol. The van der Waals surface area contributed by atoms with Crippen LogP contribution in [0.4, 0.5) is 0 Å². The predicted molar refractivity (Wildman–Crippen MR) is 74.4 cm³/mol. The van der Waals surface area contributed by atoms with E-state index in [0.29, 0.717) is 5.92 Å². The van der Waals surface area contributed by atoms with Gasteiger partial charge in [-0.1, -0.05) is 30.3 Å². The van der Waals surface area contributed by atoms with Crippen molar-refractivity contribution < 1.29 is 4.74 Å². The summed E-state index contributed by atoms with van der Waals surface area (Å²) in [4.78, 5) is 0. The van der Waals surface area contributed by atoms with Crippen LogP contribution >= 0.6 is 0 Å². The molecule has 1 heterocycles. The fourth-order valence-corrected chi connectivity index (χ4v) is 3.11. The smallest absolute Gasteiger partial charge is 0.0979 e. The molecule has 0 amide bonds. The van der Waals surface area contributed by atoms with Crippen LogP contribution in [0.2, 0.25) is 0 Å². The normalized spacial score (nSPS) is 28.2. The maximum atomic E-state index is 5.99. The topological polar surface area (TPSA) is 47.3 Å². The zero-order chi connectivity index (χ0) is 12.8. The number of hydrogen-bond acceptors (Lipinski definition) is 3. The molecule has 1 aromatic rings. The molecule has 2 atom stereocenters. The van der Waals surface area contributed by atoms with E-state index in [0.717, 1.165) is 38.9 Å². The molecule has 0 saturated carbocycles. The zero-order valence-corrected chi connectivity index (χ0v) is 11.2. The number of hydrogen-bond donors (Lipinski definition) is 2. The molecule has 0 aliphatic carbocycles. The Bertz CT molecular complexity index is 355. The standard InChI is InChI=1S/C15H24N2O/c1-18-15(13-6-3-2-4-7-13)9-11-17-12-14(15)8-5-10-16/h2-4,6-7,14,17H,5,8-12,16H2,1H3. The Labute approximate surface area is 110 Å². The summed E-state index contributed by atoms with van der Waals surface area (Å²) in [6.07, 6.45) is 3.21. The third-order valence-electron chi connectivity index (χ3n) is 4.11. The Kier molecular flexibility index (Phi) is 4.75. The molecule has 1 aromatic carbocycles. The van der Waals surface area contributed by atoms with Crippen LogP contribution in [0.3, 0.4) is 0 Å². The van der Waals surface area contributed by atoms with Crippen LogP contribution in [0.5, 0.6) is 0 Å². The summed E-state index contributed by atoms with van der Waals surface area (Å²) in [6, 6.07) is 10.6. The lowest BCUT2D eigenvalue weighted by Gasteiger charge is -2.44. The van der Waals surface area contributed by atoms with E-state index in [1.54, 1.807) is 0 Å². The third kappa shape index (κ3) is 2.58. The molecular weight excluding hydrogens is 224 g/mol. The average Bonchev–Trinajstić information content (AvgIpc) is 2.46. The van der Waals surface area contributed by atoms with Crippen molar-refractivity contribution >= 4 is 0 Å². The van der Waals surface area contributed by atoms with Gasteiger partial charge in [-0.05, 0) is 37.9 Å². The summed E-state index contributed by atoms with van der Waals surface area (Å²) in [5.74, 6) is 0.502. The van der Waals surface area contributed by atoms with Crippen molar-refractivity contribution in [2.24, 2.45) is 11.7 Å². The summed E-state index contributed by atoms with van der Waals surface area (Å²) in [5.41, 5.74) is 6.82. The quantitative estimate of drug-likeness (QED) is 0.836. The average molecular weight is 248 g/mol. The summed E-state index contributed by atoms with van der Waals surface area (Å²) in [5, 5.41) is 3.48. The maximum Gasteiger partial charge on any atom is 0.0979 e. The molecule has 0 spiro atoms. The maximum absolute atomic E-state index is 5.99. The predicted octanol–water partition coefficient (Wildman–Crippen LogP) is 1.88. The number of rotatable bonds is 5. The molecule has 0 bridgehead atoms. The van der Waals surface area contributed by atoms with E-state index in [1.165, 1.54) is 5.56 Å². The molecule has 3 nitrogen and oxygen atoms in total. The first-order valence-electron chi connectivity index (χ1n) is 6.85. The van der Waals surface area contributed by atoms with Crippen molar-refractivity contribution in [1.29, 1.82) is 0 Å². The van der Waals surface area contributed by atoms with Gasteiger partial charge in [0, 0.05) is 19.6 Å². The van der Waals surface area contributed by atoms with E-state index in [-0.39, 0.29) is 5.60 Å². The van der Waals surface area contributed by atoms with Crippen LogP contribution in [0, 0.1) is 5.92 Å². The first-order valence-corrected chi connectivity index (χ1v) is 6.85. The third-order valence-corrected chi connectivity index (χ3v) is 4.11. The highest BCUT2D eigenvalue weighted by Gasteiger charge is 2.41. The van der Waals surface area contributed by atoms with E-state index in [9.17, 15) is 0 Å². The van der Waals surface area contributed by atoms with E-state index in [1.807, 2.05) is 7.11 Å². The minimum Gasteiger partial charge on any atom is -0.373 e. The molecule has 2 unspecified atom stereocenters. The molecular formula is C15H24N2O. The largest absolute Gasteiger partial charge is 0.373 e. The molecule has 18 heavy (non-hydrogen) atoms. The van der Waals surface area contributed by atoms with Crippen molar-refractivity contribution in [3.05, 3.63) is 35.9 Å². The van der Waals surface area contributed by atoms with Crippen LogP contribution in [-0.4, -0.2) is 26.7 Å². The molecule has 0 aromatic heterocycles. The second-order valence-corrected chi connectivity index (χ2v) is 5.04. The SMILES string of the molecule is COC1(c2ccccc2)CCNCC1CCCN. The van der Waals surface area contributed by atoms with Gasteiger partial charge in [-0.25, -0.2) is 0 Å². The van der Waals surface area contributed by atoms with Crippen LogP contribution < -0.4 is 11.1 Å². The molecule has 1 aliphatic rings. The van der Waals surface area contributed by atoms with Gasteiger partial charge in [0.05, 0.1) is 5.60 Å². The summed E-state index contributed by atoms with van der Waals surface area (Å²) < 4.78 is 5.99. The number of ether oxygens (including phenoxy) is 1. The summed E-state index contributed by atoms with van der Waals surface area (Å²) in [6.45, 7) is 2.79. The van der Waals surface area contributed by atoms with Gasteiger partial charge in [0.2, 0.25) is 0 Å². The molecule has 1 aliphatic heterocycles. The molecule has 0 radical (unpaired) electrons. The minimum absolute atomic E-state index is 0.137. The van der Waals surface area contributed by atoms with Gasteiger partial charge >= 0.3 is 0 Å². The summed E-state index contributed by atoms with van der Waals surface area (Å²) in [7, 11) is 1.84. The van der Waals surface area contributed by atoms with Crippen LogP contribution in [0.25, 0.3) is 0 Å². The van der Waals surface area contributed by atoms with Crippen molar-refractivity contribution in [3.63, 3.8) is 0 Å². The summed E-state index contributed by atoms with van der Waals surface area (Å²) >= 11 is 0. The van der Waals surface area contributed by atoms with Gasteiger partial charge in [-0.2, -0.15) is 0 Å². The first kappa shape index (κ1) is 13.5. The lowest BCUT2D eigenvalue weighted by molar-refractivity contribution is -0.0857. The molecule has 1 saturated heterocycles. The van der Waals surface area contributed by atoms with E-state index in [4.69, 9.17) is 10.5 Å². The molecule has 3 heteroatoms. The Balaban J connectivity index is 2.26. The number of methoxy groups -OCH3 is 1. The number of piperidine rings is 1. The van der Waals surface area contributed by atoms with Gasteiger partial charge in [0.1, 0.15) is 0 Å². The van der Waals surface area contributed by atoms with Gasteiger partial charge in [-0.15, -0.1) is 0 Å². The number of nitrogens with two attached hydrogens (primary N) is 1. The highest BCUT2D eigenvalue weighted by atomic mass is 16.5. The van der Waals surface area contributed by atoms with Crippen LogP contribution in [-0.2, 0) is 10.3 Å². The van der Waals surface area contributed by atoms with Crippen LogP contribution in [0.15, 0.2) is 30.3 Å². The number of benzene rings is 1. The van der Waals surface area contributed by atoms with E-state index in [2.05, 4.69) is 35.6 Å². The highest BCUT2D eigenvalue weighted by Crippen LogP contribution is 2.40. The van der Waals surface area contributed by atoms with Crippen molar-refractivity contribution in [3.8, 4) is 0 Å². The Morgan fingerprint density at radius 1 is 1.39 bits per heavy atom. The Hall–Kier alpha value is -0.900. The molecule has 100 valence electrons. The molecule has 1 fully saturated rings. The highest BCUT2D eigenvalue weighted by molar-refractivity contribution is 5.25. The Morgan fingerprint density at radius 2 is 2.17 bits per heavy atom. The first-order chi connectivity index (χ1) is 8.83. The number of nitrogens with one attached hydrogen (secondary N) is 1. The van der Waals surface area contributed by atoms with Crippen LogP contribution in [0.1, 0.15) is 24.8 Å². The van der Waals surface area contributed by atoms with Gasteiger partial charge in [0.15, 0.2) is 0 Å². The fourth-order valence-electron chi connectivity index (χ4n) is 3.11. The van der Waals surface area contributed by atoms with E-state index < -0.39 is 0 Å². The fraction of sp³-hybridized carbons (Fsp3) is 0.600. The second-order valence-electron chi connectivity index (χ2n) is 5.04. The zero-order valence-electron chi connectivity index (χ0n) is 11.2.